The van der Waals surface area contributed by atoms with Crippen LogP contribution in [0.25, 0.3) is 0 Å². The lowest BCUT2D eigenvalue weighted by molar-refractivity contribution is -0.163. The van der Waals surface area contributed by atoms with Gasteiger partial charge in [-0.3, -0.25) is 9.59 Å². The zero-order valence-electron chi connectivity index (χ0n) is 19.8. The number of hydrogen-bond donors (Lipinski definition) is 3. The number of carbonyl (C=O) groups excluding carboxylic acids is 2. The zero-order valence-corrected chi connectivity index (χ0v) is 15.6. The van der Waals surface area contributed by atoms with Crippen molar-refractivity contribution < 1.29 is 31.5 Å². The predicted molar refractivity (Wildman–Crippen MR) is 96.1 cm³/mol. The van der Waals surface area contributed by atoms with Crippen LogP contribution in [0.3, 0.4) is 0 Å². The van der Waals surface area contributed by atoms with E-state index >= 15 is 0 Å². The van der Waals surface area contributed by atoms with E-state index < -0.39 is 65.9 Å². The summed E-state index contributed by atoms with van der Waals surface area (Å²) in [6.07, 6.45) is -3.75. The molecule has 0 bridgehead atoms. The van der Waals surface area contributed by atoms with Gasteiger partial charge in [-0.1, -0.05) is 6.92 Å². The summed E-state index contributed by atoms with van der Waals surface area (Å²) < 4.78 is 41.9. The van der Waals surface area contributed by atoms with Crippen LogP contribution in [0.4, 0.5) is 0 Å². The maximum absolute atomic E-state index is 12.5. The fourth-order valence-corrected chi connectivity index (χ4v) is 4.74. The van der Waals surface area contributed by atoms with Gasteiger partial charge >= 0.3 is 5.97 Å². The third-order valence-corrected chi connectivity index (χ3v) is 6.07. The fraction of sp³-hybridized carbons (Fsp3) is 0.706. The van der Waals surface area contributed by atoms with Crippen molar-refractivity contribution in [3.63, 3.8) is 0 Å². The highest BCUT2D eigenvalue weighted by atomic mass is 32.2. The SMILES string of the molecule is [2H]C1([2H])N[C@]([2H])(C(=O)N(C)C)C([2H])([2H])[C@@H]1SC1=C(C(=O)O)N2C(=O)[C@H]([C@@H](C)O)[C@H]2[C@H]1C. The molecule has 2 fully saturated rings. The van der Waals surface area contributed by atoms with Crippen LogP contribution in [0.5, 0.6) is 0 Å². The standard InChI is InChI=1S/C17H25N3O5S/c1-7-12-11(8(2)21)16(23)20(12)13(17(24)25)14(7)26-9-5-10(18-6-9)15(22)19(3)4/h7-12,18,21H,5-6H2,1-4H3,(H,24,25)/t7-,8-,9+,10+,11-,12-/m1/s1/i5D2,6D2,10D. The van der Waals surface area contributed by atoms with Crippen LogP contribution in [0.15, 0.2) is 10.6 Å². The highest BCUT2D eigenvalue weighted by Gasteiger charge is 2.60. The van der Waals surface area contributed by atoms with Crippen LogP contribution in [0.2, 0.25) is 0 Å². The number of nitrogens with one attached hydrogen (secondary N) is 1. The number of hydrogen-bond acceptors (Lipinski definition) is 6. The highest BCUT2D eigenvalue weighted by Crippen LogP contribution is 2.51. The highest BCUT2D eigenvalue weighted by molar-refractivity contribution is 8.03. The molecule has 9 heteroatoms. The number of carboxylic acid groups (broad SMARTS) is 1. The Balaban J connectivity index is 2.04. The second-order valence-electron chi connectivity index (χ2n) is 6.76. The van der Waals surface area contributed by atoms with Crippen molar-refractivity contribution in [2.24, 2.45) is 11.8 Å². The van der Waals surface area contributed by atoms with Crippen LogP contribution in [0.1, 0.15) is 27.1 Å². The Morgan fingerprint density at radius 2 is 2.15 bits per heavy atom. The number of aliphatic carboxylic acids is 1. The van der Waals surface area contributed by atoms with Crippen molar-refractivity contribution in [1.29, 1.82) is 0 Å². The van der Waals surface area contributed by atoms with Crippen molar-refractivity contribution in [2.45, 2.75) is 43.6 Å². The van der Waals surface area contributed by atoms with Crippen molar-refractivity contribution in [3.05, 3.63) is 10.6 Å². The molecule has 8 nitrogen and oxygen atoms in total. The number of β-lactam (4-membered cyclic amide) rings is 1. The maximum atomic E-state index is 12.5. The van der Waals surface area contributed by atoms with Gasteiger partial charge in [-0.2, -0.15) is 0 Å². The van der Waals surface area contributed by atoms with E-state index in [-0.39, 0.29) is 10.6 Å². The number of aliphatic hydroxyl groups is 1. The summed E-state index contributed by atoms with van der Waals surface area (Å²) in [7, 11) is 2.65. The normalized spacial score (nSPS) is 44.1. The maximum Gasteiger partial charge on any atom is 0.353 e. The number of fused-ring (bicyclic) bond motifs is 1. The van der Waals surface area contributed by atoms with E-state index in [4.69, 9.17) is 6.85 Å². The number of thioether (sulfide) groups is 1. The molecule has 0 aromatic carbocycles. The van der Waals surface area contributed by atoms with Gasteiger partial charge in [0.25, 0.3) is 0 Å². The third kappa shape index (κ3) is 2.91. The van der Waals surface area contributed by atoms with Gasteiger partial charge in [-0.15, -0.1) is 11.8 Å². The van der Waals surface area contributed by atoms with Crippen molar-refractivity contribution >= 4 is 29.5 Å². The Hall–Kier alpha value is -1.58. The van der Waals surface area contributed by atoms with Gasteiger partial charge in [-0.05, 0) is 13.3 Å². The first-order chi connectivity index (χ1) is 14.0. The summed E-state index contributed by atoms with van der Waals surface area (Å²) in [5.74, 6) is -4.39. The molecule has 144 valence electrons. The van der Waals surface area contributed by atoms with Crippen molar-refractivity contribution in [3.8, 4) is 0 Å². The molecule has 3 aliphatic rings. The molecule has 0 spiro atoms. The minimum atomic E-state index is -2.73. The number of likely N-dealkylation sites (N-methyl/N-ethyl adjacent to an activating group) is 1. The Kier molecular flexibility index (Phi) is 3.58. The fourth-order valence-electron chi connectivity index (χ4n) is 3.54. The number of carboxylic acids is 1. The van der Waals surface area contributed by atoms with Crippen LogP contribution in [0, 0.1) is 11.8 Å². The quantitative estimate of drug-likeness (QED) is 0.554. The molecule has 6 atom stereocenters. The van der Waals surface area contributed by atoms with Gasteiger partial charge in [0, 0.05) is 42.1 Å². The molecule has 0 unspecified atom stereocenters. The number of amides is 2. The molecule has 26 heavy (non-hydrogen) atoms. The van der Waals surface area contributed by atoms with E-state index in [0.29, 0.717) is 11.8 Å². The van der Waals surface area contributed by atoms with Crippen molar-refractivity contribution in [2.75, 3.05) is 20.6 Å². The lowest BCUT2D eigenvalue weighted by Crippen LogP contribution is -2.63. The number of carbonyl (C=O) groups is 3. The topological polar surface area (TPSA) is 110 Å². The van der Waals surface area contributed by atoms with Crippen LogP contribution >= 0.6 is 11.8 Å². The summed E-state index contributed by atoms with van der Waals surface area (Å²) >= 11 is 0.588. The van der Waals surface area contributed by atoms with Gasteiger partial charge in [0.1, 0.15) is 5.70 Å². The lowest BCUT2D eigenvalue weighted by Gasteiger charge is -2.46. The molecular formula is C17H25N3O5S. The van der Waals surface area contributed by atoms with Gasteiger partial charge < -0.3 is 25.3 Å². The zero-order chi connectivity index (χ0) is 23.8. The molecule has 0 aromatic heterocycles. The van der Waals surface area contributed by atoms with Crippen LogP contribution in [-0.2, 0) is 14.4 Å². The van der Waals surface area contributed by atoms with Gasteiger partial charge in [0.15, 0.2) is 0 Å². The predicted octanol–water partition coefficient (Wildman–Crippen LogP) is -0.308. The van der Waals surface area contributed by atoms with Gasteiger partial charge in [0.2, 0.25) is 11.8 Å². The Morgan fingerprint density at radius 3 is 2.69 bits per heavy atom. The van der Waals surface area contributed by atoms with E-state index in [2.05, 4.69) is 5.32 Å². The van der Waals surface area contributed by atoms with E-state index in [0.717, 1.165) is 9.80 Å². The summed E-state index contributed by atoms with van der Waals surface area (Å²) in [5.41, 5.74) is -0.377. The van der Waals surface area contributed by atoms with Crippen molar-refractivity contribution in [1.82, 2.24) is 15.1 Å². The van der Waals surface area contributed by atoms with E-state index in [1.54, 1.807) is 6.92 Å². The largest absolute Gasteiger partial charge is 0.477 e. The first-order valence-corrected chi connectivity index (χ1v) is 9.05. The van der Waals surface area contributed by atoms with E-state index in [1.807, 2.05) is 0 Å². The molecule has 2 saturated heterocycles. The molecule has 3 rings (SSSR count). The number of rotatable bonds is 5. The summed E-state index contributed by atoms with van der Waals surface area (Å²) in [6.45, 7) is 0.518. The lowest BCUT2D eigenvalue weighted by atomic mass is 9.79. The van der Waals surface area contributed by atoms with Gasteiger partial charge in [0.05, 0.1) is 25.5 Å². The summed E-state index contributed by atoms with van der Waals surface area (Å²) in [4.78, 5) is 39.1. The number of nitrogens with zero attached hydrogens (tertiary/aromatic N) is 2. The first kappa shape index (κ1) is 13.6. The van der Waals surface area contributed by atoms with E-state index in [1.165, 1.54) is 21.0 Å². The number of aliphatic hydroxyl groups excluding tert-OH is 1. The third-order valence-electron chi connectivity index (χ3n) is 4.78. The molecular weight excluding hydrogens is 358 g/mol. The Bertz CT molecular complexity index is 882. The molecule has 2 amide bonds. The molecule has 0 aromatic rings. The molecule has 3 N–H and O–H groups in total. The summed E-state index contributed by atoms with van der Waals surface area (Å²) in [6, 6.07) is -3.28. The minimum Gasteiger partial charge on any atom is -0.477 e. The smallest absolute Gasteiger partial charge is 0.353 e. The van der Waals surface area contributed by atoms with Crippen LogP contribution in [-0.4, -0.2) is 81.8 Å². The molecule has 3 heterocycles. The average molecular weight is 389 g/mol. The Morgan fingerprint density at radius 1 is 1.50 bits per heavy atom. The summed E-state index contributed by atoms with van der Waals surface area (Å²) in [5, 5.41) is 20.2. The molecule has 0 saturated carbocycles. The van der Waals surface area contributed by atoms with Gasteiger partial charge in [-0.25, -0.2) is 4.79 Å². The minimum absolute atomic E-state index is 0.0788. The van der Waals surface area contributed by atoms with Crippen LogP contribution < -0.4 is 5.32 Å². The first-order valence-electron chi connectivity index (χ1n) is 10.7. The second-order valence-corrected chi connectivity index (χ2v) is 7.90. The molecule has 3 aliphatic heterocycles. The molecule has 0 radical (unpaired) electrons. The van der Waals surface area contributed by atoms with E-state index in [9.17, 15) is 24.6 Å². The second kappa shape index (κ2) is 6.86. The average Bonchev–Trinajstić information content (AvgIpc) is 2.93. The monoisotopic (exact) mass is 388 g/mol. The molecule has 0 aliphatic carbocycles. The Labute approximate surface area is 163 Å².